The molecule has 4 heteroatoms. The fourth-order valence-electron chi connectivity index (χ4n) is 2.22. The highest BCUT2D eigenvalue weighted by Gasteiger charge is 2.18. The molecule has 1 heterocycles. The number of piperazine rings is 1. The first-order chi connectivity index (χ1) is 8.35. The van der Waals surface area contributed by atoms with E-state index in [0.29, 0.717) is 0 Å². The highest BCUT2D eigenvalue weighted by molar-refractivity contribution is 5.58. The summed E-state index contributed by atoms with van der Waals surface area (Å²) in [5.41, 5.74) is 4.56. The fraction of sp³-hybridized carbons (Fsp3) is 0.538. The lowest BCUT2D eigenvalue weighted by atomic mass is 10.2. The number of nitrogens with zero attached hydrogens (tertiary/aromatic N) is 2. The highest BCUT2D eigenvalue weighted by atomic mass is 16.5. The van der Waals surface area contributed by atoms with Crippen LogP contribution in [0.5, 0.6) is 5.75 Å². The minimum atomic E-state index is 0.962. The van der Waals surface area contributed by atoms with E-state index in [-0.39, 0.29) is 0 Å². The van der Waals surface area contributed by atoms with Crippen molar-refractivity contribution in [3.63, 3.8) is 0 Å². The summed E-state index contributed by atoms with van der Waals surface area (Å²) >= 11 is 0. The molecule has 1 aromatic rings. The standard InChI is InChI=1S/C13H21N3O/c1-3-14-16-10-8-15(9-11-16)12-6-4-5-7-13(12)17-2/h4-7,14H,3,8-11H2,1-2H3. The van der Waals surface area contributed by atoms with Gasteiger partial charge in [0.1, 0.15) is 5.75 Å². The Labute approximate surface area is 103 Å². The molecule has 1 aromatic carbocycles. The van der Waals surface area contributed by atoms with Crippen LogP contribution in [0.3, 0.4) is 0 Å². The Kier molecular flexibility index (Phi) is 4.23. The Bertz CT molecular complexity index is 348. The van der Waals surface area contributed by atoms with Crippen LogP contribution in [0.4, 0.5) is 5.69 Å². The normalized spacial score (nSPS) is 17.2. The van der Waals surface area contributed by atoms with Crippen molar-refractivity contribution in [2.24, 2.45) is 0 Å². The average Bonchev–Trinajstić information content (AvgIpc) is 2.40. The zero-order valence-electron chi connectivity index (χ0n) is 10.6. The molecule has 17 heavy (non-hydrogen) atoms. The van der Waals surface area contributed by atoms with E-state index in [4.69, 9.17) is 4.74 Å². The summed E-state index contributed by atoms with van der Waals surface area (Å²) in [6.45, 7) is 7.29. The van der Waals surface area contributed by atoms with E-state index in [0.717, 1.165) is 38.5 Å². The van der Waals surface area contributed by atoms with Crippen LogP contribution in [-0.2, 0) is 0 Å². The molecule has 1 N–H and O–H groups in total. The molecule has 1 fully saturated rings. The Morgan fingerprint density at radius 1 is 1.18 bits per heavy atom. The van der Waals surface area contributed by atoms with Gasteiger partial charge in [-0.2, -0.15) is 0 Å². The SMILES string of the molecule is CCNN1CCN(c2ccccc2OC)CC1. The first-order valence-electron chi connectivity index (χ1n) is 6.21. The number of rotatable bonds is 4. The molecular weight excluding hydrogens is 214 g/mol. The molecule has 1 aliphatic rings. The van der Waals surface area contributed by atoms with Crippen molar-refractivity contribution in [1.29, 1.82) is 0 Å². The van der Waals surface area contributed by atoms with Gasteiger partial charge in [0, 0.05) is 32.7 Å². The summed E-state index contributed by atoms with van der Waals surface area (Å²) in [5, 5.41) is 2.28. The molecule has 0 spiro atoms. The molecule has 0 radical (unpaired) electrons. The molecule has 4 nitrogen and oxygen atoms in total. The highest BCUT2D eigenvalue weighted by Crippen LogP contribution is 2.27. The van der Waals surface area contributed by atoms with Gasteiger partial charge in [-0.25, -0.2) is 5.01 Å². The van der Waals surface area contributed by atoms with E-state index in [1.165, 1.54) is 5.69 Å². The third-order valence-electron chi connectivity index (χ3n) is 3.09. The summed E-state index contributed by atoms with van der Waals surface area (Å²) in [7, 11) is 1.73. The first kappa shape index (κ1) is 12.2. The lowest BCUT2D eigenvalue weighted by Crippen LogP contribution is -2.52. The van der Waals surface area contributed by atoms with Gasteiger partial charge in [-0.05, 0) is 12.1 Å². The fourth-order valence-corrected chi connectivity index (χ4v) is 2.22. The molecule has 0 aromatic heterocycles. The summed E-state index contributed by atoms with van der Waals surface area (Å²) in [6, 6.07) is 8.22. The van der Waals surface area contributed by atoms with Crippen molar-refractivity contribution in [2.45, 2.75) is 6.92 Å². The van der Waals surface area contributed by atoms with Crippen molar-refractivity contribution >= 4 is 5.69 Å². The van der Waals surface area contributed by atoms with Gasteiger partial charge in [0.2, 0.25) is 0 Å². The van der Waals surface area contributed by atoms with E-state index in [2.05, 4.69) is 34.4 Å². The zero-order chi connectivity index (χ0) is 12.1. The number of methoxy groups -OCH3 is 1. The van der Waals surface area contributed by atoms with Crippen LogP contribution in [0.25, 0.3) is 0 Å². The predicted molar refractivity (Wildman–Crippen MR) is 70.5 cm³/mol. The molecule has 1 saturated heterocycles. The van der Waals surface area contributed by atoms with E-state index in [1.807, 2.05) is 12.1 Å². The Morgan fingerprint density at radius 3 is 2.53 bits per heavy atom. The first-order valence-corrected chi connectivity index (χ1v) is 6.21. The largest absolute Gasteiger partial charge is 0.495 e. The Balaban J connectivity index is 2.00. The summed E-state index contributed by atoms with van der Waals surface area (Å²) in [5.74, 6) is 0.962. The Hall–Kier alpha value is -1.26. The van der Waals surface area contributed by atoms with Crippen LogP contribution < -0.4 is 15.1 Å². The van der Waals surface area contributed by atoms with Gasteiger partial charge in [-0.3, -0.25) is 5.43 Å². The quantitative estimate of drug-likeness (QED) is 0.852. The molecule has 1 aliphatic heterocycles. The second kappa shape index (κ2) is 5.89. The van der Waals surface area contributed by atoms with E-state index in [1.54, 1.807) is 7.11 Å². The maximum absolute atomic E-state index is 5.40. The van der Waals surface area contributed by atoms with Gasteiger partial charge in [0.15, 0.2) is 0 Å². The minimum absolute atomic E-state index is 0.962. The number of hydrogen-bond donors (Lipinski definition) is 1. The second-order valence-electron chi connectivity index (χ2n) is 4.16. The van der Waals surface area contributed by atoms with Crippen molar-refractivity contribution in [3.05, 3.63) is 24.3 Å². The number of hydrazine groups is 1. The lowest BCUT2D eigenvalue weighted by molar-refractivity contribution is 0.181. The van der Waals surface area contributed by atoms with E-state index < -0.39 is 0 Å². The van der Waals surface area contributed by atoms with Gasteiger partial charge >= 0.3 is 0 Å². The maximum Gasteiger partial charge on any atom is 0.142 e. The van der Waals surface area contributed by atoms with Crippen LogP contribution in [0.1, 0.15) is 6.92 Å². The predicted octanol–water partition coefficient (Wildman–Crippen LogP) is 1.34. The molecule has 94 valence electrons. The Morgan fingerprint density at radius 2 is 1.88 bits per heavy atom. The monoisotopic (exact) mass is 235 g/mol. The zero-order valence-corrected chi connectivity index (χ0v) is 10.6. The van der Waals surface area contributed by atoms with Crippen molar-refractivity contribution < 1.29 is 4.74 Å². The van der Waals surface area contributed by atoms with Gasteiger partial charge in [-0.15, -0.1) is 0 Å². The van der Waals surface area contributed by atoms with Crippen LogP contribution in [0, 0.1) is 0 Å². The van der Waals surface area contributed by atoms with E-state index in [9.17, 15) is 0 Å². The van der Waals surface area contributed by atoms with Crippen LogP contribution in [0.15, 0.2) is 24.3 Å². The van der Waals surface area contributed by atoms with Crippen LogP contribution in [0.2, 0.25) is 0 Å². The van der Waals surface area contributed by atoms with Gasteiger partial charge < -0.3 is 9.64 Å². The number of benzene rings is 1. The molecule has 0 bridgehead atoms. The van der Waals surface area contributed by atoms with Crippen molar-refractivity contribution in [2.75, 3.05) is 44.7 Å². The summed E-state index contributed by atoms with van der Waals surface area (Å²) in [4.78, 5) is 2.38. The number of para-hydroxylation sites is 2. The van der Waals surface area contributed by atoms with E-state index >= 15 is 0 Å². The third kappa shape index (κ3) is 2.90. The molecule has 0 unspecified atom stereocenters. The van der Waals surface area contributed by atoms with Crippen LogP contribution in [-0.4, -0.2) is 44.8 Å². The number of anilines is 1. The van der Waals surface area contributed by atoms with Crippen molar-refractivity contribution in [3.8, 4) is 5.75 Å². The molecule has 2 rings (SSSR count). The third-order valence-corrected chi connectivity index (χ3v) is 3.09. The van der Waals surface area contributed by atoms with Crippen molar-refractivity contribution in [1.82, 2.24) is 10.4 Å². The van der Waals surface area contributed by atoms with Gasteiger partial charge in [0.25, 0.3) is 0 Å². The minimum Gasteiger partial charge on any atom is -0.495 e. The molecule has 0 aliphatic carbocycles. The number of ether oxygens (including phenoxy) is 1. The van der Waals surface area contributed by atoms with Gasteiger partial charge in [-0.1, -0.05) is 19.1 Å². The maximum atomic E-state index is 5.40. The molecule has 0 saturated carbocycles. The second-order valence-corrected chi connectivity index (χ2v) is 4.16. The molecule has 0 atom stereocenters. The topological polar surface area (TPSA) is 27.7 Å². The molecular formula is C13H21N3O. The number of hydrogen-bond acceptors (Lipinski definition) is 4. The smallest absolute Gasteiger partial charge is 0.142 e. The van der Waals surface area contributed by atoms with Gasteiger partial charge in [0.05, 0.1) is 12.8 Å². The lowest BCUT2D eigenvalue weighted by Gasteiger charge is -2.36. The van der Waals surface area contributed by atoms with Crippen LogP contribution >= 0.6 is 0 Å². The summed E-state index contributed by atoms with van der Waals surface area (Å²) in [6.07, 6.45) is 0. The molecule has 0 amide bonds. The summed E-state index contributed by atoms with van der Waals surface area (Å²) < 4.78 is 5.40. The number of nitrogens with one attached hydrogen (secondary N) is 1. The average molecular weight is 235 g/mol.